The maximum Gasteiger partial charge on any atom is 0.331 e. The molecule has 3 rings (SSSR count). The lowest BCUT2D eigenvalue weighted by Gasteiger charge is -2.11. The molecule has 2 aromatic carbocycles. The number of esters is 1. The predicted molar refractivity (Wildman–Crippen MR) is 94.2 cm³/mol. The molecule has 0 bridgehead atoms. The van der Waals surface area contributed by atoms with Gasteiger partial charge in [0, 0.05) is 18.2 Å². The number of non-ortho nitro benzene ring substituents is 1. The van der Waals surface area contributed by atoms with E-state index in [9.17, 15) is 14.9 Å². The molecule has 0 amide bonds. The molecule has 2 aromatic rings. The Labute approximate surface area is 153 Å². The Bertz CT molecular complexity index is 895. The number of halogens is 1. The van der Waals surface area contributed by atoms with Gasteiger partial charge in [0.05, 0.1) is 9.95 Å². The topological polar surface area (TPSA) is 87.9 Å². The lowest BCUT2D eigenvalue weighted by molar-refractivity contribution is -0.385. The van der Waals surface area contributed by atoms with E-state index < -0.39 is 17.0 Å². The van der Waals surface area contributed by atoms with Crippen molar-refractivity contribution in [1.29, 1.82) is 0 Å². The molecule has 1 heterocycles. The minimum Gasteiger partial charge on any atom is -0.455 e. The second-order valence-corrected chi connectivity index (χ2v) is 5.91. The molecule has 0 radical (unpaired) electrons. The lowest BCUT2D eigenvalue weighted by atomic mass is 10.1. The van der Waals surface area contributed by atoms with Crippen LogP contribution in [0.4, 0.5) is 5.69 Å². The van der Waals surface area contributed by atoms with Crippen molar-refractivity contribution in [3.8, 4) is 11.5 Å². The Morgan fingerprint density at radius 1 is 1.35 bits per heavy atom. The molecule has 7 nitrogen and oxygen atoms in total. The number of nitro benzene ring substituents is 1. The van der Waals surface area contributed by atoms with Gasteiger partial charge in [-0.1, -0.05) is 23.7 Å². The van der Waals surface area contributed by atoms with E-state index >= 15 is 0 Å². The number of carbonyl (C=O) groups excluding carboxylic acids is 1. The van der Waals surface area contributed by atoms with Crippen LogP contribution >= 0.6 is 11.6 Å². The zero-order chi connectivity index (χ0) is 18.7. The summed E-state index contributed by atoms with van der Waals surface area (Å²) in [4.78, 5) is 22.3. The number of nitro groups is 1. The first-order chi connectivity index (χ1) is 12.4. The number of hydrogen-bond donors (Lipinski definition) is 0. The second kappa shape index (κ2) is 7.45. The number of ether oxygens (including phenoxy) is 3. The Morgan fingerprint density at radius 3 is 2.92 bits per heavy atom. The highest BCUT2D eigenvalue weighted by Crippen LogP contribution is 2.40. The van der Waals surface area contributed by atoms with E-state index in [1.807, 2.05) is 0 Å². The summed E-state index contributed by atoms with van der Waals surface area (Å²) in [5, 5.41) is 11.2. The highest BCUT2D eigenvalue weighted by atomic mass is 35.5. The quantitative estimate of drug-likeness (QED) is 0.335. The lowest BCUT2D eigenvalue weighted by Crippen LogP contribution is -2.06. The van der Waals surface area contributed by atoms with E-state index in [2.05, 4.69) is 0 Å². The first-order valence-electron chi connectivity index (χ1n) is 7.66. The minimum absolute atomic E-state index is 0.0593. The van der Waals surface area contributed by atoms with Crippen molar-refractivity contribution in [2.24, 2.45) is 0 Å². The molecule has 26 heavy (non-hydrogen) atoms. The van der Waals surface area contributed by atoms with Crippen LogP contribution in [0.2, 0.25) is 5.02 Å². The van der Waals surface area contributed by atoms with Crippen molar-refractivity contribution in [2.45, 2.75) is 13.0 Å². The summed E-state index contributed by atoms with van der Waals surface area (Å²) in [6, 6.07) is 9.29. The molecule has 0 N–H and O–H groups in total. The van der Waals surface area contributed by atoms with Gasteiger partial charge in [-0.2, -0.15) is 0 Å². The fourth-order valence-corrected chi connectivity index (χ4v) is 2.69. The van der Waals surface area contributed by atoms with Gasteiger partial charge in [-0.25, -0.2) is 4.79 Å². The Morgan fingerprint density at radius 2 is 2.15 bits per heavy atom. The van der Waals surface area contributed by atoms with Crippen LogP contribution in [0.25, 0.3) is 6.08 Å². The van der Waals surface area contributed by atoms with Gasteiger partial charge >= 0.3 is 5.97 Å². The van der Waals surface area contributed by atoms with Crippen molar-refractivity contribution in [1.82, 2.24) is 0 Å². The monoisotopic (exact) mass is 375 g/mol. The summed E-state index contributed by atoms with van der Waals surface area (Å²) in [7, 11) is 0. The van der Waals surface area contributed by atoms with E-state index in [4.69, 9.17) is 25.8 Å². The molecule has 0 fully saturated rings. The molecule has 0 saturated heterocycles. The zero-order valence-corrected chi connectivity index (χ0v) is 14.4. The minimum atomic E-state index is -0.632. The fraction of sp³-hybridized carbons (Fsp3) is 0.167. The molecule has 8 heteroatoms. The standard InChI is InChI=1S/C18H14ClNO6/c1-11(13-3-2-4-14(9-13)20(22)23)26-17(21)6-5-12-7-15(19)18-16(8-12)24-10-25-18/h2-9,11H,10H2,1H3/b6-5+/t11-/m0/s1. The van der Waals surface area contributed by atoms with Gasteiger partial charge in [0.1, 0.15) is 6.10 Å². The fourth-order valence-electron chi connectivity index (χ4n) is 2.42. The van der Waals surface area contributed by atoms with Crippen LogP contribution in [0, 0.1) is 10.1 Å². The van der Waals surface area contributed by atoms with E-state index in [-0.39, 0.29) is 12.5 Å². The first-order valence-corrected chi connectivity index (χ1v) is 8.04. The maximum atomic E-state index is 12.0. The predicted octanol–water partition coefficient (Wildman–Crippen LogP) is 4.29. The van der Waals surface area contributed by atoms with Crippen molar-refractivity contribution in [3.63, 3.8) is 0 Å². The second-order valence-electron chi connectivity index (χ2n) is 5.50. The van der Waals surface area contributed by atoms with Crippen molar-refractivity contribution in [2.75, 3.05) is 6.79 Å². The number of carbonyl (C=O) groups is 1. The third-order valence-electron chi connectivity index (χ3n) is 3.70. The third-order valence-corrected chi connectivity index (χ3v) is 3.99. The molecule has 0 spiro atoms. The summed E-state index contributed by atoms with van der Waals surface area (Å²) >= 11 is 6.08. The molecule has 0 unspecified atom stereocenters. The SMILES string of the molecule is C[C@H](OC(=O)/C=C/c1cc(Cl)c2c(c1)OCO2)c1cccc([N+](=O)[O-])c1. The molecule has 0 aromatic heterocycles. The van der Waals surface area contributed by atoms with Crippen LogP contribution in [0.5, 0.6) is 11.5 Å². The van der Waals surface area contributed by atoms with Crippen LogP contribution in [-0.4, -0.2) is 17.7 Å². The molecule has 0 aliphatic carbocycles. The molecule has 1 atom stereocenters. The Balaban J connectivity index is 1.67. The molecule has 134 valence electrons. The van der Waals surface area contributed by atoms with E-state index in [1.165, 1.54) is 24.3 Å². The summed E-state index contributed by atoms with van der Waals surface area (Å²) in [6.45, 7) is 1.74. The van der Waals surface area contributed by atoms with Crippen LogP contribution in [0.1, 0.15) is 24.2 Å². The first kappa shape index (κ1) is 17.8. The van der Waals surface area contributed by atoms with E-state index in [1.54, 1.807) is 31.2 Å². The average Bonchev–Trinajstić information content (AvgIpc) is 3.09. The molecule has 1 aliphatic heterocycles. The summed E-state index contributed by atoms with van der Waals surface area (Å²) in [5.41, 5.74) is 1.13. The van der Waals surface area contributed by atoms with Gasteiger partial charge in [-0.3, -0.25) is 10.1 Å². The van der Waals surface area contributed by atoms with Gasteiger partial charge in [0.25, 0.3) is 5.69 Å². The average molecular weight is 376 g/mol. The Kier molecular flexibility index (Phi) is 5.09. The van der Waals surface area contributed by atoms with E-state index in [0.717, 1.165) is 0 Å². The highest BCUT2D eigenvalue weighted by molar-refractivity contribution is 6.32. The highest BCUT2D eigenvalue weighted by Gasteiger charge is 2.18. The normalized spacial score (nSPS) is 13.6. The van der Waals surface area contributed by atoms with Crippen LogP contribution < -0.4 is 9.47 Å². The summed E-state index contributed by atoms with van der Waals surface area (Å²) in [5.74, 6) is 0.402. The Hall–Kier alpha value is -3.06. The van der Waals surface area contributed by atoms with Crippen molar-refractivity contribution >= 4 is 29.3 Å². The molecule has 1 aliphatic rings. The molecular formula is C18H14ClNO6. The van der Waals surface area contributed by atoms with Crippen LogP contribution in [-0.2, 0) is 9.53 Å². The van der Waals surface area contributed by atoms with Gasteiger partial charge < -0.3 is 14.2 Å². The van der Waals surface area contributed by atoms with Crippen LogP contribution in [0.15, 0.2) is 42.5 Å². The largest absolute Gasteiger partial charge is 0.455 e. The van der Waals surface area contributed by atoms with Gasteiger partial charge in [0.2, 0.25) is 6.79 Å². The maximum absolute atomic E-state index is 12.0. The number of nitrogens with zero attached hydrogens (tertiary/aromatic N) is 1. The number of rotatable bonds is 5. The van der Waals surface area contributed by atoms with Crippen molar-refractivity contribution in [3.05, 3.63) is 68.7 Å². The number of hydrogen-bond acceptors (Lipinski definition) is 6. The zero-order valence-electron chi connectivity index (χ0n) is 13.7. The third kappa shape index (κ3) is 3.94. The van der Waals surface area contributed by atoms with E-state index in [0.29, 0.717) is 27.6 Å². The van der Waals surface area contributed by atoms with Gasteiger partial charge in [0.15, 0.2) is 11.5 Å². The molecular weight excluding hydrogens is 362 g/mol. The molecule has 0 saturated carbocycles. The summed E-state index contributed by atoms with van der Waals surface area (Å²) in [6.07, 6.45) is 2.16. The number of benzene rings is 2. The smallest absolute Gasteiger partial charge is 0.331 e. The summed E-state index contributed by atoms with van der Waals surface area (Å²) < 4.78 is 15.8. The van der Waals surface area contributed by atoms with Crippen molar-refractivity contribution < 1.29 is 23.9 Å². The van der Waals surface area contributed by atoms with Gasteiger partial charge in [-0.15, -0.1) is 0 Å². The van der Waals surface area contributed by atoms with Crippen LogP contribution in [0.3, 0.4) is 0 Å². The van der Waals surface area contributed by atoms with Gasteiger partial charge in [-0.05, 0) is 36.3 Å². The number of fused-ring (bicyclic) bond motifs is 1.